The van der Waals surface area contributed by atoms with Crippen LogP contribution in [0.2, 0.25) is 0 Å². The summed E-state index contributed by atoms with van der Waals surface area (Å²) in [5.41, 5.74) is 5.97. The number of unbranched alkanes of at least 4 members (excludes halogenated alkanes) is 1. The van der Waals surface area contributed by atoms with E-state index in [1.165, 1.54) is 6.07 Å². The molecule has 3 N–H and O–H groups in total. The molecule has 0 fully saturated rings. The van der Waals surface area contributed by atoms with Gasteiger partial charge in [0.15, 0.2) is 0 Å². The van der Waals surface area contributed by atoms with E-state index in [1.807, 2.05) is 10.8 Å². The molecule has 8 heteroatoms. The molecule has 0 atom stereocenters. The van der Waals surface area contributed by atoms with Gasteiger partial charge in [-0.15, -0.1) is 0 Å². The molecule has 114 valence electrons. The number of nitrogen functional groups attached to an aromatic ring is 1. The van der Waals surface area contributed by atoms with Crippen molar-refractivity contribution in [2.24, 2.45) is 0 Å². The topological polar surface area (TPSA) is 90.0 Å². The molecular weight excluding hydrogens is 356 g/mol. The Labute approximate surface area is 132 Å². The zero-order chi connectivity index (χ0) is 15.3. The highest BCUT2D eigenvalue weighted by atomic mass is 79.9. The van der Waals surface area contributed by atoms with Crippen LogP contribution in [0.5, 0.6) is 0 Å². The van der Waals surface area contributed by atoms with Crippen molar-refractivity contribution in [2.75, 3.05) is 12.3 Å². The standard InChI is InChI=1S/C13H17BrN4O2S/c14-11-3-4-13(12(15)9-11)21(19,20)17-5-1-2-7-18-8-6-16-10-18/h3-4,6,8-10,17H,1-2,5,7,15H2. The summed E-state index contributed by atoms with van der Waals surface area (Å²) in [6.07, 6.45) is 6.96. The molecule has 0 amide bonds. The van der Waals surface area contributed by atoms with Gasteiger partial charge in [0.05, 0.1) is 12.0 Å². The number of aromatic nitrogens is 2. The fourth-order valence-corrected chi connectivity index (χ4v) is 3.45. The van der Waals surface area contributed by atoms with E-state index in [4.69, 9.17) is 5.73 Å². The number of nitrogens with one attached hydrogen (secondary N) is 1. The number of sulfonamides is 1. The second-order valence-electron chi connectivity index (χ2n) is 4.59. The molecule has 6 nitrogen and oxygen atoms in total. The van der Waals surface area contributed by atoms with Crippen molar-refractivity contribution in [2.45, 2.75) is 24.3 Å². The number of rotatable bonds is 7. The van der Waals surface area contributed by atoms with Gasteiger partial charge in [-0.2, -0.15) is 0 Å². The minimum atomic E-state index is -3.56. The minimum absolute atomic E-state index is 0.111. The summed E-state index contributed by atoms with van der Waals surface area (Å²) in [6, 6.07) is 4.73. The number of aryl methyl sites for hydroxylation is 1. The molecule has 1 heterocycles. The van der Waals surface area contributed by atoms with Crippen LogP contribution < -0.4 is 10.5 Å². The Morgan fingerprint density at radius 2 is 2.14 bits per heavy atom. The zero-order valence-electron chi connectivity index (χ0n) is 11.4. The second-order valence-corrected chi connectivity index (χ2v) is 7.24. The maximum absolute atomic E-state index is 12.1. The molecule has 0 spiro atoms. The van der Waals surface area contributed by atoms with Gasteiger partial charge in [-0.1, -0.05) is 15.9 Å². The van der Waals surface area contributed by atoms with E-state index in [-0.39, 0.29) is 10.6 Å². The zero-order valence-corrected chi connectivity index (χ0v) is 13.8. The lowest BCUT2D eigenvalue weighted by Crippen LogP contribution is -2.25. The van der Waals surface area contributed by atoms with Gasteiger partial charge in [-0.3, -0.25) is 0 Å². The quantitative estimate of drug-likeness (QED) is 0.574. The number of halogens is 1. The normalized spacial score (nSPS) is 11.7. The Morgan fingerprint density at radius 1 is 1.33 bits per heavy atom. The average Bonchev–Trinajstić information content (AvgIpc) is 2.91. The van der Waals surface area contributed by atoms with Crippen LogP contribution in [0.15, 0.2) is 46.3 Å². The lowest BCUT2D eigenvalue weighted by atomic mass is 10.3. The lowest BCUT2D eigenvalue weighted by molar-refractivity contribution is 0.566. The third kappa shape index (κ3) is 4.55. The van der Waals surface area contributed by atoms with Gasteiger partial charge < -0.3 is 10.3 Å². The summed E-state index contributed by atoms with van der Waals surface area (Å²) in [7, 11) is -3.56. The minimum Gasteiger partial charge on any atom is -0.398 e. The van der Waals surface area contributed by atoms with Crippen LogP contribution in [-0.4, -0.2) is 24.5 Å². The van der Waals surface area contributed by atoms with Gasteiger partial charge in [0, 0.05) is 30.0 Å². The predicted octanol–water partition coefficient (Wildman–Crippen LogP) is 1.99. The third-order valence-electron chi connectivity index (χ3n) is 2.96. The lowest BCUT2D eigenvalue weighted by Gasteiger charge is -2.09. The number of hydrogen-bond donors (Lipinski definition) is 2. The Kier molecular flexibility index (Phi) is 5.38. The van der Waals surface area contributed by atoms with Gasteiger partial charge in [-0.05, 0) is 31.0 Å². The fourth-order valence-electron chi connectivity index (χ4n) is 1.89. The highest BCUT2D eigenvalue weighted by Gasteiger charge is 2.16. The first-order valence-corrected chi connectivity index (χ1v) is 8.77. The third-order valence-corrected chi connectivity index (χ3v) is 4.98. The maximum Gasteiger partial charge on any atom is 0.242 e. The Morgan fingerprint density at radius 3 is 2.81 bits per heavy atom. The highest BCUT2D eigenvalue weighted by molar-refractivity contribution is 9.10. The first-order valence-electron chi connectivity index (χ1n) is 6.49. The molecule has 0 saturated heterocycles. The molecule has 1 aromatic carbocycles. The van der Waals surface area contributed by atoms with Crippen LogP contribution >= 0.6 is 15.9 Å². The summed E-state index contributed by atoms with van der Waals surface area (Å²) in [4.78, 5) is 4.06. The van der Waals surface area contributed by atoms with Crippen LogP contribution in [-0.2, 0) is 16.6 Å². The number of imidazole rings is 1. The van der Waals surface area contributed by atoms with Gasteiger partial charge in [0.2, 0.25) is 10.0 Å². The van der Waals surface area contributed by atoms with Crippen molar-refractivity contribution < 1.29 is 8.42 Å². The monoisotopic (exact) mass is 372 g/mol. The van der Waals surface area contributed by atoms with Gasteiger partial charge >= 0.3 is 0 Å². The average molecular weight is 373 g/mol. The maximum atomic E-state index is 12.1. The molecule has 21 heavy (non-hydrogen) atoms. The highest BCUT2D eigenvalue weighted by Crippen LogP contribution is 2.22. The molecule has 0 aliphatic heterocycles. The molecule has 0 radical (unpaired) electrons. The molecule has 0 saturated carbocycles. The van der Waals surface area contributed by atoms with E-state index in [2.05, 4.69) is 25.6 Å². The summed E-state index contributed by atoms with van der Waals surface area (Å²) < 4.78 is 29.5. The van der Waals surface area contributed by atoms with Crippen LogP contribution in [0.4, 0.5) is 5.69 Å². The van der Waals surface area contributed by atoms with Crippen LogP contribution in [0.1, 0.15) is 12.8 Å². The Bertz CT molecular complexity index is 686. The molecule has 1 aromatic heterocycles. The van der Waals surface area contributed by atoms with Crippen molar-refractivity contribution in [3.8, 4) is 0 Å². The molecule has 2 aromatic rings. The molecule has 0 aliphatic rings. The fraction of sp³-hybridized carbons (Fsp3) is 0.308. The van der Waals surface area contributed by atoms with Crippen molar-refractivity contribution in [1.29, 1.82) is 0 Å². The van der Waals surface area contributed by atoms with Crippen LogP contribution in [0, 0.1) is 0 Å². The van der Waals surface area contributed by atoms with E-state index < -0.39 is 10.0 Å². The number of nitrogens with zero attached hydrogens (tertiary/aromatic N) is 2. The number of hydrogen-bond acceptors (Lipinski definition) is 4. The summed E-state index contributed by atoms with van der Waals surface area (Å²) in [5.74, 6) is 0. The van der Waals surface area contributed by atoms with E-state index >= 15 is 0 Å². The smallest absolute Gasteiger partial charge is 0.242 e. The molecule has 2 rings (SSSR count). The SMILES string of the molecule is Nc1cc(Br)ccc1S(=O)(=O)NCCCCn1ccnc1. The summed E-state index contributed by atoms with van der Waals surface area (Å²) in [6.45, 7) is 1.20. The van der Waals surface area contributed by atoms with E-state index in [0.29, 0.717) is 6.54 Å². The van der Waals surface area contributed by atoms with Gasteiger partial charge in [0.1, 0.15) is 4.90 Å². The Hall–Kier alpha value is -1.38. The predicted molar refractivity (Wildman–Crippen MR) is 85.2 cm³/mol. The molecule has 0 bridgehead atoms. The Balaban J connectivity index is 1.84. The summed E-state index contributed by atoms with van der Waals surface area (Å²) >= 11 is 3.25. The largest absolute Gasteiger partial charge is 0.398 e. The van der Waals surface area contributed by atoms with Crippen molar-refractivity contribution in [1.82, 2.24) is 14.3 Å². The molecule has 0 unspecified atom stereocenters. The first kappa shape index (κ1) is 16.0. The van der Waals surface area contributed by atoms with E-state index in [1.54, 1.807) is 24.7 Å². The van der Waals surface area contributed by atoms with Crippen LogP contribution in [0.25, 0.3) is 0 Å². The summed E-state index contributed by atoms with van der Waals surface area (Å²) in [5, 5.41) is 0. The first-order chi connectivity index (χ1) is 9.99. The number of benzene rings is 1. The number of nitrogens with two attached hydrogens (primary N) is 1. The van der Waals surface area contributed by atoms with Crippen LogP contribution in [0.3, 0.4) is 0 Å². The molecular formula is C13H17BrN4O2S. The molecule has 0 aliphatic carbocycles. The van der Waals surface area contributed by atoms with Crippen molar-refractivity contribution in [3.63, 3.8) is 0 Å². The van der Waals surface area contributed by atoms with Crippen molar-refractivity contribution >= 4 is 31.6 Å². The van der Waals surface area contributed by atoms with Gasteiger partial charge in [-0.25, -0.2) is 18.1 Å². The van der Waals surface area contributed by atoms with Gasteiger partial charge in [0.25, 0.3) is 0 Å². The number of anilines is 1. The second kappa shape index (κ2) is 7.06. The van der Waals surface area contributed by atoms with E-state index in [9.17, 15) is 8.42 Å². The van der Waals surface area contributed by atoms with E-state index in [0.717, 1.165) is 23.9 Å². The van der Waals surface area contributed by atoms with Crippen molar-refractivity contribution in [3.05, 3.63) is 41.4 Å².